The smallest absolute Gasteiger partial charge is 0.258 e. The minimum absolute atomic E-state index is 0.311. The summed E-state index contributed by atoms with van der Waals surface area (Å²) in [6.07, 6.45) is 2.55. The fourth-order valence-electron chi connectivity index (χ4n) is 1.81. The number of hydrogen-bond acceptors (Lipinski definition) is 5. The second-order valence-electron chi connectivity index (χ2n) is 3.76. The van der Waals surface area contributed by atoms with Gasteiger partial charge in [-0.15, -0.1) is 11.3 Å². The molecule has 1 aromatic carbocycles. The van der Waals surface area contributed by atoms with Gasteiger partial charge < -0.3 is 0 Å². The maximum atomic E-state index is 11.6. The molecule has 2 amide bonds. The maximum Gasteiger partial charge on any atom is 0.258 e. The fourth-order valence-corrected chi connectivity index (χ4v) is 3.50. The highest BCUT2D eigenvalue weighted by Gasteiger charge is 2.25. The molecular weight excluding hydrogens is 280 g/mol. The summed E-state index contributed by atoms with van der Waals surface area (Å²) in [7, 11) is 0. The van der Waals surface area contributed by atoms with Gasteiger partial charge in [0.2, 0.25) is 0 Å². The predicted molar refractivity (Wildman–Crippen MR) is 77.3 cm³/mol. The third-order valence-corrected chi connectivity index (χ3v) is 4.42. The first kappa shape index (κ1) is 12.1. The molecule has 0 saturated heterocycles. The van der Waals surface area contributed by atoms with Gasteiger partial charge in [0.15, 0.2) is 4.34 Å². The van der Waals surface area contributed by atoms with Crippen LogP contribution in [0.15, 0.2) is 46.7 Å². The number of nitrogens with zero attached hydrogens (tertiary/aromatic N) is 2. The molecule has 0 spiro atoms. The third kappa shape index (κ3) is 2.09. The Kier molecular flexibility index (Phi) is 2.96. The minimum Gasteiger partial charge on any atom is -0.269 e. The average Bonchev–Trinajstić information content (AvgIpc) is 2.92. The molecule has 0 aliphatic carbocycles. The lowest BCUT2D eigenvalue weighted by Crippen LogP contribution is -2.29. The Hall–Kier alpha value is -1.92. The summed E-state index contributed by atoms with van der Waals surface area (Å²) in [5, 5.41) is 1.72. The first-order chi connectivity index (χ1) is 9.19. The molecule has 0 unspecified atom stereocenters. The summed E-state index contributed by atoms with van der Waals surface area (Å²) in [5.41, 5.74) is 1.43. The van der Waals surface area contributed by atoms with Crippen molar-refractivity contribution in [1.29, 1.82) is 0 Å². The first-order valence-electron chi connectivity index (χ1n) is 5.43. The monoisotopic (exact) mass is 288 g/mol. The van der Waals surface area contributed by atoms with Crippen LogP contribution in [-0.2, 0) is 9.59 Å². The lowest BCUT2D eigenvalue weighted by atomic mass is 10.2. The van der Waals surface area contributed by atoms with Gasteiger partial charge in [0.25, 0.3) is 11.8 Å². The molecule has 0 bridgehead atoms. The number of anilines is 1. The third-order valence-electron chi connectivity index (χ3n) is 2.60. The van der Waals surface area contributed by atoms with Crippen LogP contribution in [0.1, 0.15) is 0 Å². The van der Waals surface area contributed by atoms with Crippen molar-refractivity contribution >= 4 is 50.8 Å². The second kappa shape index (κ2) is 4.64. The van der Waals surface area contributed by atoms with Gasteiger partial charge in [0.1, 0.15) is 0 Å². The normalized spacial score (nSPS) is 14.6. The van der Waals surface area contributed by atoms with E-state index in [1.165, 1.54) is 35.3 Å². The summed E-state index contributed by atoms with van der Waals surface area (Å²) >= 11 is 2.96. The molecule has 2 aromatic rings. The van der Waals surface area contributed by atoms with Gasteiger partial charge in [-0.3, -0.25) is 9.59 Å². The van der Waals surface area contributed by atoms with E-state index in [1.807, 2.05) is 12.1 Å². The molecule has 3 rings (SSSR count). The molecule has 2 heterocycles. The van der Waals surface area contributed by atoms with E-state index >= 15 is 0 Å². The van der Waals surface area contributed by atoms with Crippen molar-refractivity contribution in [3.8, 4) is 0 Å². The Morgan fingerprint density at radius 1 is 1.26 bits per heavy atom. The number of fused-ring (bicyclic) bond motifs is 1. The zero-order valence-electron chi connectivity index (χ0n) is 9.70. The number of carbonyl (C=O) groups excluding carboxylic acids is 2. The molecule has 94 valence electrons. The van der Waals surface area contributed by atoms with Gasteiger partial charge >= 0.3 is 0 Å². The summed E-state index contributed by atoms with van der Waals surface area (Å²) in [5.74, 6) is -0.621. The van der Waals surface area contributed by atoms with Crippen LogP contribution in [0.3, 0.4) is 0 Å². The number of hydrogen-bond donors (Lipinski definition) is 0. The fraction of sp³-hybridized carbons (Fsp3) is 0. The van der Waals surface area contributed by atoms with E-state index < -0.39 is 0 Å². The number of thioether (sulfide) groups is 1. The van der Waals surface area contributed by atoms with Crippen molar-refractivity contribution in [3.63, 3.8) is 0 Å². The molecule has 6 heteroatoms. The van der Waals surface area contributed by atoms with Crippen molar-refractivity contribution in [2.24, 2.45) is 0 Å². The van der Waals surface area contributed by atoms with E-state index in [2.05, 4.69) is 11.6 Å². The van der Waals surface area contributed by atoms with Gasteiger partial charge in [-0.2, -0.15) is 0 Å². The Bertz CT molecular complexity index is 715. The van der Waals surface area contributed by atoms with Gasteiger partial charge in [0.05, 0.1) is 15.9 Å². The lowest BCUT2D eigenvalue weighted by Gasteiger charge is -2.13. The maximum absolute atomic E-state index is 11.6. The Labute approximate surface area is 117 Å². The SMILES string of the molecule is C=CSc1nc2ccc(N3C(=O)C=CC3=O)cc2s1. The van der Waals surface area contributed by atoms with E-state index in [9.17, 15) is 9.59 Å². The first-order valence-corrected chi connectivity index (χ1v) is 7.13. The number of carbonyl (C=O) groups is 2. The molecule has 19 heavy (non-hydrogen) atoms. The molecule has 0 fully saturated rings. The van der Waals surface area contributed by atoms with Crippen molar-refractivity contribution < 1.29 is 9.59 Å². The van der Waals surface area contributed by atoms with Gasteiger partial charge in [-0.1, -0.05) is 18.3 Å². The Morgan fingerprint density at radius 3 is 2.68 bits per heavy atom. The topological polar surface area (TPSA) is 50.3 Å². The van der Waals surface area contributed by atoms with Crippen LogP contribution in [0.5, 0.6) is 0 Å². The highest BCUT2D eigenvalue weighted by molar-refractivity contribution is 8.03. The van der Waals surface area contributed by atoms with Crippen molar-refractivity contribution in [1.82, 2.24) is 4.98 Å². The summed E-state index contributed by atoms with van der Waals surface area (Å²) < 4.78 is 1.83. The Balaban J connectivity index is 2.04. The molecule has 0 radical (unpaired) electrons. The number of amides is 2. The van der Waals surface area contributed by atoms with E-state index in [-0.39, 0.29) is 11.8 Å². The molecule has 0 atom stereocenters. The van der Waals surface area contributed by atoms with Gasteiger partial charge in [-0.25, -0.2) is 9.88 Å². The summed E-state index contributed by atoms with van der Waals surface area (Å²) in [6, 6.07) is 5.35. The summed E-state index contributed by atoms with van der Waals surface area (Å²) in [6.45, 7) is 3.65. The second-order valence-corrected chi connectivity index (χ2v) is 6.01. The molecular formula is C13H8N2O2S2. The van der Waals surface area contributed by atoms with Gasteiger partial charge in [-0.05, 0) is 23.6 Å². The molecule has 1 aliphatic heterocycles. The zero-order chi connectivity index (χ0) is 13.4. The quantitative estimate of drug-likeness (QED) is 0.643. The van der Waals surface area contributed by atoms with Crippen LogP contribution in [0.2, 0.25) is 0 Å². The van der Waals surface area contributed by atoms with E-state index in [1.54, 1.807) is 11.5 Å². The highest BCUT2D eigenvalue weighted by Crippen LogP contribution is 2.32. The van der Waals surface area contributed by atoms with E-state index in [4.69, 9.17) is 0 Å². The number of aromatic nitrogens is 1. The van der Waals surface area contributed by atoms with Crippen molar-refractivity contribution in [3.05, 3.63) is 42.3 Å². The molecule has 1 aliphatic rings. The van der Waals surface area contributed by atoms with E-state index in [0.29, 0.717) is 5.69 Å². The lowest BCUT2D eigenvalue weighted by molar-refractivity contribution is -0.119. The van der Waals surface area contributed by atoms with E-state index in [0.717, 1.165) is 19.5 Å². The molecule has 4 nitrogen and oxygen atoms in total. The number of imide groups is 1. The van der Waals surface area contributed by atoms with Crippen LogP contribution >= 0.6 is 23.1 Å². The van der Waals surface area contributed by atoms with Crippen LogP contribution in [-0.4, -0.2) is 16.8 Å². The Morgan fingerprint density at radius 2 is 2.00 bits per heavy atom. The van der Waals surface area contributed by atoms with Crippen LogP contribution in [0, 0.1) is 0 Å². The average molecular weight is 288 g/mol. The highest BCUT2D eigenvalue weighted by atomic mass is 32.2. The van der Waals surface area contributed by atoms with Crippen molar-refractivity contribution in [2.75, 3.05) is 4.90 Å². The van der Waals surface area contributed by atoms with Crippen LogP contribution in [0.4, 0.5) is 5.69 Å². The number of thiazole rings is 1. The van der Waals surface area contributed by atoms with Crippen LogP contribution in [0.25, 0.3) is 10.2 Å². The number of benzene rings is 1. The standard InChI is InChI=1S/C13H8N2O2S2/c1-2-18-13-14-9-4-3-8(7-10(9)19-13)15-11(16)5-6-12(15)17/h2-7H,1H2. The summed E-state index contributed by atoms with van der Waals surface area (Å²) in [4.78, 5) is 28.8. The largest absolute Gasteiger partial charge is 0.269 e. The minimum atomic E-state index is -0.311. The molecule has 0 saturated carbocycles. The molecule has 0 N–H and O–H groups in total. The van der Waals surface area contributed by atoms with Crippen molar-refractivity contribution in [2.45, 2.75) is 4.34 Å². The predicted octanol–water partition coefficient (Wildman–Crippen LogP) is 2.96. The van der Waals surface area contributed by atoms with Crippen LogP contribution < -0.4 is 4.90 Å². The zero-order valence-corrected chi connectivity index (χ0v) is 11.3. The van der Waals surface area contributed by atoms with Gasteiger partial charge in [0, 0.05) is 12.2 Å². The number of rotatable bonds is 3. The molecule has 1 aromatic heterocycles.